The van der Waals surface area contributed by atoms with Crippen LogP contribution in [0.4, 0.5) is 10.1 Å². The number of hydrogen-bond donors (Lipinski definition) is 3. The number of fused-ring (bicyclic) bond motifs is 1. The topological polar surface area (TPSA) is 62.0 Å². The standard InChI is InChI=1S/C9H9FN2O/c1-4-2-5-3-6(10)9(13)7(11)8(5)12-4/h2-3,12-13H,11H2,1H3. The second-order valence-electron chi connectivity index (χ2n) is 3.04. The molecule has 0 aliphatic heterocycles. The van der Waals surface area contributed by atoms with Crippen molar-refractivity contribution in [3.8, 4) is 5.75 Å². The Labute approximate surface area is 74.0 Å². The molecule has 13 heavy (non-hydrogen) atoms. The van der Waals surface area contributed by atoms with Crippen molar-refractivity contribution in [3.05, 3.63) is 23.6 Å². The number of aromatic hydroxyl groups is 1. The van der Waals surface area contributed by atoms with Crippen LogP contribution in [0.25, 0.3) is 10.9 Å². The van der Waals surface area contributed by atoms with Gasteiger partial charge in [0.25, 0.3) is 0 Å². The van der Waals surface area contributed by atoms with Crippen LogP contribution in [0.1, 0.15) is 5.69 Å². The Morgan fingerprint density at radius 1 is 1.46 bits per heavy atom. The molecule has 0 amide bonds. The molecule has 0 radical (unpaired) electrons. The van der Waals surface area contributed by atoms with Crippen LogP contribution in [0.15, 0.2) is 12.1 Å². The first kappa shape index (κ1) is 7.91. The fourth-order valence-electron chi connectivity index (χ4n) is 1.40. The van der Waals surface area contributed by atoms with Crippen LogP contribution in [-0.2, 0) is 0 Å². The van der Waals surface area contributed by atoms with E-state index in [1.165, 1.54) is 6.07 Å². The molecule has 2 aromatic rings. The molecular weight excluding hydrogens is 171 g/mol. The van der Waals surface area contributed by atoms with Gasteiger partial charge >= 0.3 is 0 Å². The van der Waals surface area contributed by atoms with Crippen molar-refractivity contribution in [2.45, 2.75) is 6.92 Å². The van der Waals surface area contributed by atoms with Gasteiger partial charge in [-0.15, -0.1) is 0 Å². The predicted molar refractivity (Wildman–Crippen MR) is 49.1 cm³/mol. The van der Waals surface area contributed by atoms with Gasteiger partial charge in [0, 0.05) is 11.1 Å². The maximum absolute atomic E-state index is 13.0. The number of halogens is 1. The van der Waals surface area contributed by atoms with Gasteiger partial charge in [-0.3, -0.25) is 0 Å². The van der Waals surface area contributed by atoms with Gasteiger partial charge in [0.2, 0.25) is 0 Å². The first-order chi connectivity index (χ1) is 6.09. The van der Waals surface area contributed by atoms with E-state index < -0.39 is 11.6 Å². The summed E-state index contributed by atoms with van der Waals surface area (Å²) in [5.41, 5.74) is 7.03. The number of phenols is 1. The number of rotatable bonds is 0. The van der Waals surface area contributed by atoms with Crippen molar-refractivity contribution in [1.29, 1.82) is 0 Å². The number of phenolic OH excluding ortho intramolecular Hbond substituents is 1. The first-order valence-corrected chi connectivity index (χ1v) is 3.86. The Balaban J connectivity index is 2.92. The Kier molecular flexibility index (Phi) is 1.45. The zero-order valence-electron chi connectivity index (χ0n) is 7.06. The molecule has 0 saturated carbocycles. The summed E-state index contributed by atoms with van der Waals surface area (Å²) < 4.78 is 13.0. The van der Waals surface area contributed by atoms with Crippen LogP contribution in [-0.4, -0.2) is 10.1 Å². The molecule has 0 spiro atoms. The minimum atomic E-state index is -0.691. The first-order valence-electron chi connectivity index (χ1n) is 3.86. The molecule has 0 unspecified atom stereocenters. The van der Waals surface area contributed by atoms with Gasteiger partial charge in [0.05, 0.1) is 5.52 Å². The second-order valence-corrected chi connectivity index (χ2v) is 3.04. The van der Waals surface area contributed by atoms with Crippen LogP contribution >= 0.6 is 0 Å². The molecule has 0 saturated heterocycles. The molecule has 1 aromatic heterocycles. The smallest absolute Gasteiger partial charge is 0.176 e. The van der Waals surface area contributed by atoms with Crippen molar-refractivity contribution in [2.24, 2.45) is 0 Å². The average molecular weight is 180 g/mol. The Hall–Kier alpha value is -1.71. The molecule has 0 aliphatic carbocycles. The van der Waals surface area contributed by atoms with E-state index >= 15 is 0 Å². The normalized spacial score (nSPS) is 10.9. The van der Waals surface area contributed by atoms with Crippen LogP contribution in [0, 0.1) is 12.7 Å². The average Bonchev–Trinajstić information content (AvgIpc) is 2.42. The summed E-state index contributed by atoms with van der Waals surface area (Å²) in [7, 11) is 0. The van der Waals surface area contributed by atoms with Crippen molar-refractivity contribution in [3.63, 3.8) is 0 Å². The lowest BCUT2D eigenvalue weighted by atomic mass is 10.2. The van der Waals surface area contributed by atoms with Gasteiger partial charge in [-0.05, 0) is 19.1 Å². The molecule has 68 valence electrons. The summed E-state index contributed by atoms with van der Waals surface area (Å²) in [5, 5.41) is 9.87. The number of aryl methyl sites for hydroxylation is 1. The third-order valence-electron chi connectivity index (χ3n) is 2.02. The molecule has 2 rings (SSSR count). The highest BCUT2D eigenvalue weighted by atomic mass is 19.1. The molecule has 0 atom stereocenters. The summed E-state index contributed by atoms with van der Waals surface area (Å²) in [6, 6.07) is 3.03. The highest BCUT2D eigenvalue weighted by molar-refractivity contribution is 5.93. The fourth-order valence-corrected chi connectivity index (χ4v) is 1.40. The minimum absolute atomic E-state index is 0.0584. The summed E-state index contributed by atoms with van der Waals surface area (Å²) in [6.45, 7) is 1.84. The Morgan fingerprint density at radius 2 is 2.15 bits per heavy atom. The molecule has 0 fully saturated rings. The van der Waals surface area contributed by atoms with E-state index in [0.29, 0.717) is 10.9 Å². The zero-order valence-corrected chi connectivity index (χ0v) is 7.06. The maximum Gasteiger partial charge on any atom is 0.176 e. The van der Waals surface area contributed by atoms with E-state index in [2.05, 4.69) is 4.98 Å². The number of aromatic amines is 1. The minimum Gasteiger partial charge on any atom is -0.503 e. The number of nitrogen functional groups attached to an aromatic ring is 1. The number of hydrogen-bond acceptors (Lipinski definition) is 2. The predicted octanol–water partition coefficient (Wildman–Crippen LogP) is 1.90. The molecular formula is C9H9FN2O. The highest BCUT2D eigenvalue weighted by Crippen LogP contribution is 2.32. The Morgan fingerprint density at radius 3 is 2.85 bits per heavy atom. The molecule has 0 bridgehead atoms. The van der Waals surface area contributed by atoms with Gasteiger partial charge < -0.3 is 15.8 Å². The molecule has 4 heteroatoms. The Bertz CT molecular complexity index is 476. The van der Waals surface area contributed by atoms with Gasteiger partial charge in [-0.2, -0.15) is 0 Å². The van der Waals surface area contributed by atoms with E-state index in [4.69, 9.17) is 5.73 Å². The number of anilines is 1. The van der Waals surface area contributed by atoms with Crippen molar-refractivity contribution < 1.29 is 9.50 Å². The summed E-state index contributed by atoms with van der Waals surface area (Å²) >= 11 is 0. The van der Waals surface area contributed by atoms with E-state index in [0.717, 1.165) is 5.69 Å². The van der Waals surface area contributed by atoms with E-state index in [9.17, 15) is 9.50 Å². The zero-order chi connectivity index (χ0) is 9.59. The maximum atomic E-state index is 13.0. The molecule has 0 aliphatic rings. The number of nitrogens with two attached hydrogens (primary N) is 1. The summed E-state index contributed by atoms with van der Waals surface area (Å²) in [5.74, 6) is -1.18. The quantitative estimate of drug-likeness (QED) is 0.428. The summed E-state index contributed by atoms with van der Waals surface area (Å²) in [6.07, 6.45) is 0. The highest BCUT2D eigenvalue weighted by Gasteiger charge is 2.11. The van der Waals surface area contributed by atoms with Crippen LogP contribution in [0.3, 0.4) is 0 Å². The van der Waals surface area contributed by atoms with Crippen molar-refractivity contribution >= 4 is 16.6 Å². The molecule has 1 aromatic carbocycles. The second kappa shape index (κ2) is 2.39. The van der Waals surface area contributed by atoms with E-state index in [-0.39, 0.29) is 5.69 Å². The van der Waals surface area contributed by atoms with Gasteiger partial charge in [-0.25, -0.2) is 4.39 Å². The summed E-state index contributed by atoms with van der Waals surface area (Å²) in [4.78, 5) is 2.94. The molecule has 3 nitrogen and oxygen atoms in total. The SMILES string of the molecule is Cc1cc2cc(F)c(O)c(N)c2[nH]1. The van der Waals surface area contributed by atoms with Crippen molar-refractivity contribution in [2.75, 3.05) is 5.73 Å². The number of benzene rings is 1. The van der Waals surface area contributed by atoms with Crippen LogP contribution < -0.4 is 5.73 Å². The molecule has 1 heterocycles. The van der Waals surface area contributed by atoms with Gasteiger partial charge in [0.1, 0.15) is 5.69 Å². The third kappa shape index (κ3) is 1.02. The fraction of sp³-hybridized carbons (Fsp3) is 0.111. The number of aromatic nitrogens is 1. The lowest BCUT2D eigenvalue weighted by molar-refractivity contribution is 0.436. The monoisotopic (exact) mass is 180 g/mol. The number of nitrogens with one attached hydrogen (secondary N) is 1. The lowest BCUT2D eigenvalue weighted by Gasteiger charge is -2.00. The number of H-pyrrole nitrogens is 1. The van der Waals surface area contributed by atoms with E-state index in [1.54, 1.807) is 6.07 Å². The lowest BCUT2D eigenvalue weighted by Crippen LogP contribution is -1.90. The third-order valence-corrected chi connectivity index (χ3v) is 2.02. The molecule has 4 N–H and O–H groups in total. The van der Waals surface area contributed by atoms with Crippen LogP contribution in [0.5, 0.6) is 5.75 Å². The van der Waals surface area contributed by atoms with Crippen molar-refractivity contribution in [1.82, 2.24) is 4.98 Å². The van der Waals surface area contributed by atoms with Gasteiger partial charge in [-0.1, -0.05) is 0 Å². The van der Waals surface area contributed by atoms with E-state index in [1.807, 2.05) is 6.92 Å². The van der Waals surface area contributed by atoms with Crippen LogP contribution in [0.2, 0.25) is 0 Å². The van der Waals surface area contributed by atoms with Gasteiger partial charge in [0.15, 0.2) is 11.6 Å². The largest absolute Gasteiger partial charge is 0.503 e.